The third kappa shape index (κ3) is 16.3. The second kappa shape index (κ2) is 25.9. The minimum absolute atomic E-state index is 0.0880. The van der Waals surface area contributed by atoms with Crippen LogP contribution in [0.4, 0.5) is 5.69 Å². The molecule has 0 radical (unpaired) electrons. The maximum atomic E-state index is 13.4. The number of aromatic amines is 1. The molecule has 4 rings (SSSR count). The fourth-order valence-electron chi connectivity index (χ4n) is 7.08. The lowest BCUT2D eigenvalue weighted by Crippen LogP contribution is -2.55. The molecule has 0 saturated heterocycles. The number of rotatable bonds is 31. The van der Waals surface area contributed by atoms with Crippen molar-refractivity contribution < 1.29 is 26.4 Å². The summed E-state index contributed by atoms with van der Waals surface area (Å²) in [6, 6.07) is 13.0. The average molecular weight is 911 g/mol. The van der Waals surface area contributed by atoms with Gasteiger partial charge in [0, 0.05) is 53.0 Å². The Balaban J connectivity index is 1.37. The van der Waals surface area contributed by atoms with E-state index in [1.165, 1.54) is 76.3 Å². The number of H-pyrrole nitrogens is 1. The van der Waals surface area contributed by atoms with Crippen LogP contribution in [-0.4, -0.2) is 58.7 Å². The number of unbranched alkanes of at least 4 members (excludes halogenated alkanes) is 14. The molecule has 16 heteroatoms. The first-order valence-electron chi connectivity index (χ1n) is 23.2. The quantitative estimate of drug-likeness (QED) is 0.0309. The van der Waals surface area contributed by atoms with Crippen molar-refractivity contribution in [3.8, 4) is 11.5 Å². The Kier molecular flexibility index (Phi) is 21.1. The summed E-state index contributed by atoms with van der Waals surface area (Å²) in [5.74, 6) is 0.614. The summed E-state index contributed by atoms with van der Waals surface area (Å²) in [4.78, 5) is 26.7. The Hall–Kier alpha value is -4.28. The molecule has 2 amide bonds. The molecule has 2 unspecified atom stereocenters. The van der Waals surface area contributed by atoms with Gasteiger partial charge in [-0.2, -0.15) is 13.1 Å². The van der Waals surface area contributed by atoms with Gasteiger partial charge in [-0.3, -0.25) is 19.4 Å². The van der Waals surface area contributed by atoms with Gasteiger partial charge < -0.3 is 19.0 Å². The van der Waals surface area contributed by atoms with Crippen LogP contribution in [0.15, 0.2) is 48.5 Å². The van der Waals surface area contributed by atoms with Crippen molar-refractivity contribution in [1.82, 2.24) is 35.2 Å². The van der Waals surface area contributed by atoms with Crippen LogP contribution in [0.25, 0.3) is 5.65 Å². The number of fused-ring (bicyclic) bond motifs is 1. The van der Waals surface area contributed by atoms with E-state index < -0.39 is 33.5 Å². The standard InChI is InChI=1S/C47H74N8O6S2/c1-9-11-13-15-17-19-21-23-28-48-43(56)36-30-37(44(57)49-29-24-22-20-18-16-14-12-10-2)32-40(31-36)61-62(58)53-38-26-25-27-39(33-38)60-63(59)54-47(7,8)46(5,6)45-51-50-42-34-41(35(3)4)52-55(42)45/h25-27,30-35,52-54H,9-24,28-29H2,1-8H3,(H,48,56)(H,49,57). The molecule has 2 aromatic carbocycles. The Morgan fingerprint density at radius 3 is 1.75 bits per heavy atom. The number of aromatic nitrogens is 4. The van der Waals surface area contributed by atoms with Crippen LogP contribution in [0.3, 0.4) is 0 Å². The summed E-state index contributed by atoms with van der Waals surface area (Å²) in [6.07, 6.45) is 18.4. The summed E-state index contributed by atoms with van der Waals surface area (Å²) in [6.45, 7) is 17.5. The highest BCUT2D eigenvalue weighted by atomic mass is 32.2. The number of hydrogen-bond donors (Lipinski definition) is 5. The average Bonchev–Trinajstić information content (AvgIpc) is 3.84. The number of hydrogen-bond acceptors (Lipinski definition) is 8. The molecule has 2 atom stereocenters. The molecule has 4 aromatic rings. The van der Waals surface area contributed by atoms with Crippen LogP contribution >= 0.6 is 0 Å². The molecular formula is C47H74N8O6S2. The summed E-state index contributed by atoms with van der Waals surface area (Å²) >= 11 is -4.14. The largest absolute Gasteiger partial charge is 0.389 e. The molecule has 0 saturated carbocycles. The van der Waals surface area contributed by atoms with Crippen LogP contribution in [0, 0.1) is 0 Å². The molecular weight excluding hydrogens is 837 g/mol. The number of carbonyl (C=O) groups excluding carboxylic acids is 2. The maximum absolute atomic E-state index is 13.4. The SMILES string of the molecule is CCCCCCCCCCNC(=O)c1cc(OS(=O)Nc2cccc(OS(=O)NC(C)(C)C(C)(C)c3nnc4cc(C(C)C)[nH]n34)c2)cc(C(=O)NCCCCCCCCCC)c1. The van der Waals surface area contributed by atoms with Crippen molar-refractivity contribution in [1.29, 1.82) is 0 Å². The Morgan fingerprint density at radius 1 is 0.683 bits per heavy atom. The minimum Gasteiger partial charge on any atom is -0.389 e. The van der Waals surface area contributed by atoms with Crippen LogP contribution in [0.5, 0.6) is 11.5 Å². The lowest BCUT2D eigenvalue weighted by Gasteiger charge is -2.39. The number of nitrogens with zero attached hydrogens (tertiary/aromatic N) is 3. The number of benzene rings is 2. The van der Waals surface area contributed by atoms with Crippen LogP contribution in [0.1, 0.15) is 196 Å². The zero-order valence-electron chi connectivity index (χ0n) is 39.0. The van der Waals surface area contributed by atoms with E-state index in [4.69, 9.17) is 8.37 Å². The molecule has 0 aliphatic rings. The molecule has 350 valence electrons. The minimum atomic E-state index is -2.15. The third-order valence-corrected chi connectivity index (χ3v) is 13.5. The second-order valence-corrected chi connectivity index (χ2v) is 19.6. The predicted octanol–water partition coefficient (Wildman–Crippen LogP) is 10.3. The van der Waals surface area contributed by atoms with E-state index in [-0.39, 0.29) is 40.4 Å². The fourth-order valence-corrected chi connectivity index (χ4v) is 8.70. The highest BCUT2D eigenvalue weighted by molar-refractivity contribution is 7.82. The molecule has 0 aliphatic carbocycles. The van der Waals surface area contributed by atoms with Crippen molar-refractivity contribution >= 4 is 45.7 Å². The van der Waals surface area contributed by atoms with Gasteiger partial charge in [-0.1, -0.05) is 138 Å². The van der Waals surface area contributed by atoms with Crippen molar-refractivity contribution in [2.24, 2.45) is 0 Å². The number of nitrogens with one attached hydrogen (secondary N) is 5. The molecule has 5 N–H and O–H groups in total. The van der Waals surface area contributed by atoms with E-state index in [0.29, 0.717) is 30.2 Å². The van der Waals surface area contributed by atoms with Gasteiger partial charge in [-0.15, -0.1) is 10.2 Å². The lowest BCUT2D eigenvalue weighted by atomic mass is 9.74. The first-order valence-corrected chi connectivity index (χ1v) is 25.3. The fraction of sp³-hybridized carbons (Fsp3) is 0.617. The number of carbonyl (C=O) groups is 2. The van der Waals surface area contributed by atoms with Crippen LogP contribution in [0.2, 0.25) is 0 Å². The summed E-state index contributed by atoms with van der Waals surface area (Å²) in [5.41, 5.74) is 1.12. The van der Waals surface area contributed by atoms with Crippen molar-refractivity contribution in [2.45, 2.75) is 175 Å². The summed E-state index contributed by atoms with van der Waals surface area (Å²) < 4.78 is 46.1. The summed E-state index contributed by atoms with van der Waals surface area (Å²) in [7, 11) is 0. The number of anilines is 1. The summed E-state index contributed by atoms with van der Waals surface area (Å²) in [5, 5.41) is 18.1. The third-order valence-electron chi connectivity index (χ3n) is 11.7. The van der Waals surface area contributed by atoms with Crippen molar-refractivity contribution in [3.05, 3.63) is 71.2 Å². The second-order valence-electron chi connectivity index (χ2n) is 17.9. The topological polar surface area (TPSA) is 181 Å². The van der Waals surface area contributed by atoms with Crippen molar-refractivity contribution in [2.75, 3.05) is 17.8 Å². The van der Waals surface area contributed by atoms with Gasteiger partial charge in [0.25, 0.3) is 23.1 Å². The van der Waals surface area contributed by atoms with E-state index in [0.717, 1.165) is 44.2 Å². The Labute approximate surface area is 381 Å². The molecule has 0 aliphatic heterocycles. The molecule has 0 fully saturated rings. The first-order chi connectivity index (χ1) is 30.1. The normalized spacial score (nSPS) is 13.0. The molecule has 63 heavy (non-hydrogen) atoms. The van der Waals surface area contributed by atoms with Gasteiger partial charge in [0.1, 0.15) is 11.5 Å². The van der Waals surface area contributed by atoms with Gasteiger partial charge in [0.15, 0.2) is 11.5 Å². The van der Waals surface area contributed by atoms with Gasteiger partial charge in [0.05, 0.1) is 5.69 Å². The van der Waals surface area contributed by atoms with E-state index in [2.05, 4.69) is 63.1 Å². The first kappa shape index (κ1) is 51.4. The highest BCUT2D eigenvalue weighted by Gasteiger charge is 2.44. The van der Waals surface area contributed by atoms with Gasteiger partial charge in [-0.25, -0.2) is 4.52 Å². The molecule has 2 heterocycles. The van der Waals surface area contributed by atoms with E-state index in [1.54, 1.807) is 30.3 Å². The predicted molar refractivity (Wildman–Crippen MR) is 256 cm³/mol. The smallest absolute Gasteiger partial charge is 0.316 e. The van der Waals surface area contributed by atoms with Crippen LogP contribution < -0.4 is 28.4 Å². The molecule has 2 aromatic heterocycles. The van der Waals surface area contributed by atoms with Gasteiger partial charge in [-0.05, 0) is 62.9 Å². The zero-order chi connectivity index (χ0) is 45.8. The maximum Gasteiger partial charge on any atom is 0.316 e. The van der Waals surface area contributed by atoms with Crippen LogP contribution in [-0.2, 0) is 27.9 Å². The Bertz CT molecular complexity index is 2030. The number of amides is 2. The lowest BCUT2D eigenvalue weighted by molar-refractivity contribution is 0.0952. The monoisotopic (exact) mass is 911 g/mol. The molecule has 0 bridgehead atoms. The van der Waals surface area contributed by atoms with E-state index >= 15 is 0 Å². The molecule has 14 nitrogen and oxygen atoms in total. The van der Waals surface area contributed by atoms with E-state index in [9.17, 15) is 18.0 Å². The van der Waals surface area contributed by atoms with Crippen molar-refractivity contribution in [3.63, 3.8) is 0 Å². The van der Waals surface area contributed by atoms with Gasteiger partial charge >= 0.3 is 11.3 Å². The highest BCUT2D eigenvalue weighted by Crippen LogP contribution is 2.35. The molecule has 0 spiro atoms. The Morgan fingerprint density at radius 2 is 1.21 bits per heavy atom. The van der Waals surface area contributed by atoms with Gasteiger partial charge in [0.2, 0.25) is 0 Å². The zero-order valence-corrected chi connectivity index (χ0v) is 40.7. The van der Waals surface area contributed by atoms with E-state index in [1.807, 2.05) is 38.3 Å².